The first kappa shape index (κ1) is 15.5. The zero-order chi connectivity index (χ0) is 16.6. The molecule has 0 radical (unpaired) electrons. The highest BCUT2D eigenvalue weighted by Crippen LogP contribution is 2.34. The van der Waals surface area contributed by atoms with Crippen LogP contribution < -0.4 is 4.31 Å². The number of nitro groups is 1. The number of non-ortho nitro benzene ring substituents is 1. The van der Waals surface area contributed by atoms with Gasteiger partial charge in [-0.1, -0.05) is 31.2 Å². The van der Waals surface area contributed by atoms with E-state index < -0.39 is 14.9 Å². The van der Waals surface area contributed by atoms with Crippen LogP contribution in [0.3, 0.4) is 0 Å². The van der Waals surface area contributed by atoms with Crippen molar-refractivity contribution in [3.8, 4) is 0 Å². The van der Waals surface area contributed by atoms with Gasteiger partial charge in [0, 0.05) is 18.7 Å². The van der Waals surface area contributed by atoms with Crippen LogP contribution >= 0.6 is 0 Å². The molecule has 1 heterocycles. The fraction of sp³-hybridized carbons (Fsp3) is 0.250. The van der Waals surface area contributed by atoms with Gasteiger partial charge in [-0.15, -0.1) is 0 Å². The van der Waals surface area contributed by atoms with Gasteiger partial charge in [0.1, 0.15) is 0 Å². The van der Waals surface area contributed by atoms with Crippen molar-refractivity contribution in [1.29, 1.82) is 0 Å². The molecule has 0 fully saturated rings. The average Bonchev–Trinajstić information content (AvgIpc) is 2.54. The zero-order valence-corrected chi connectivity index (χ0v) is 13.4. The Morgan fingerprint density at radius 2 is 1.91 bits per heavy atom. The lowest BCUT2D eigenvalue weighted by molar-refractivity contribution is -0.385. The molecule has 0 N–H and O–H groups in total. The molecule has 0 aliphatic carbocycles. The summed E-state index contributed by atoms with van der Waals surface area (Å²) in [7, 11) is -3.84. The van der Waals surface area contributed by atoms with Crippen molar-refractivity contribution in [1.82, 2.24) is 0 Å². The largest absolute Gasteiger partial charge is 0.270 e. The molecule has 0 spiro atoms. The number of nitrogens with zero attached hydrogens (tertiary/aromatic N) is 2. The highest BCUT2D eigenvalue weighted by molar-refractivity contribution is 7.92. The van der Waals surface area contributed by atoms with Gasteiger partial charge in [0.15, 0.2) is 0 Å². The highest BCUT2D eigenvalue weighted by Gasteiger charge is 2.32. The minimum Gasteiger partial charge on any atom is -0.266 e. The summed E-state index contributed by atoms with van der Waals surface area (Å²) >= 11 is 0. The Morgan fingerprint density at radius 3 is 2.65 bits per heavy atom. The number of hydrogen-bond donors (Lipinski definition) is 0. The molecule has 0 saturated carbocycles. The van der Waals surface area contributed by atoms with Crippen molar-refractivity contribution >= 4 is 21.4 Å². The molecule has 1 unspecified atom stereocenters. The maximum Gasteiger partial charge on any atom is 0.270 e. The Labute approximate surface area is 134 Å². The van der Waals surface area contributed by atoms with Crippen molar-refractivity contribution in [3.05, 3.63) is 64.2 Å². The van der Waals surface area contributed by atoms with E-state index in [-0.39, 0.29) is 16.5 Å². The van der Waals surface area contributed by atoms with E-state index in [0.29, 0.717) is 12.2 Å². The first-order valence-electron chi connectivity index (χ1n) is 7.24. The van der Waals surface area contributed by atoms with E-state index in [1.54, 1.807) is 12.1 Å². The number of nitro benzene ring substituents is 1. The summed E-state index contributed by atoms with van der Waals surface area (Å²) in [6.07, 6.45) is 0.817. The minimum absolute atomic E-state index is 0.0596. The predicted octanol–water partition coefficient (Wildman–Crippen LogP) is 2.98. The maximum atomic E-state index is 13.0. The second-order valence-electron chi connectivity index (χ2n) is 5.73. The molecule has 2 aromatic carbocycles. The molecule has 6 nitrogen and oxygen atoms in total. The number of benzene rings is 2. The van der Waals surface area contributed by atoms with Crippen molar-refractivity contribution < 1.29 is 13.3 Å². The molecule has 0 bridgehead atoms. The SMILES string of the molecule is CC1Cc2ccccc2N(S(=O)(=O)c2cccc([N+](=O)[O-])c2)C1. The van der Waals surface area contributed by atoms with Crippen LogP contribution in [0.15, 0.2) is 53.4 Å². The summed E-state index contributed by atoms with van der Waals surface area (Å²) in [6, 6.07) is 12.6. The van der Waals surface area contributed by atoms with E-state index in [2.05, 4.69) is 0 Å². The standard InChI is InChI=1S/C16H16N2O4S/c1-12-9-13-5-2-3-8-16(13)17(11-12)23(21,22)15-7-4-6-14(10-15)18(19)20/h2-8,10,12H,9,11H2,1H3. The molecule has 1 atom stereocenters. The maximum absolute atomic E-state index is 13.0. The number of anilines is 1. The van der Waals surface area contributed by atoms with Crippen molar-refractivity contribution in [2.45, 2.75) is 18.2 Å². The van der Waals surface area contributed by atoms with Gasteiger partial charge < -0.3 is 0 Å². The number of hydrogen-bond acceptors (Lipinski definition) is 4. The van der Waals surface area contributed by atoms with Gasteiger partial charge in [-0.05, 0) is 30.0 Å². The molecular formula is C16H16N2O4S. The first-order valence-corrected chi connectivity index (χ1v) is 8.68. The third-order valence-electron chi connectivity index (χ3n) is 3.92. The summed E-state index contributed by atoms with van der Waals surface area (Å²) < 4.78 is 27.3. The van der Waals surface area contributed by atoms with Crippen molar-refractivity contribution in [3.63, 3.8) is 0 Å². The molecule has 2 aromatic rings. The second kappa shape index (κ2) is 5.66. The van der Waals surface area contributed by atoms with Crippen LogP contribution in [0.2, 0.25) is 0 Å². The van der Waals surface area contributed by atoms with Gasteiger partial charge in [0.25, 0.3) is 15.7 Å². The van der Waals surface area contributed by atoms with E-state index in [1.807, 2.05) is 19.1 Å². The fourth-order valence-corrected chi connectivity index (χ4v) is 4.52. The first-order chi connectivity index (χ1) is 10.9. The molecule has 7 heteroatoms. The number of para-hydroxylation sites is 1. The number of sulfonamides is 1. The lowest BCUT2D eigenvalue weighted by Gasteiger charge is -2.33. The number of rotatable bonds is 3. The van der Waals surface area contributed by atoms with Crippen LogP contribution in [0.25, 0.3) is 0 Å². The van der Waals surface area contributed by atoms with Gasteiger partial charge in [-0.2, -0.15) is 0 Å². The molecule has 0 aromatic heterocycles. The van der Waals surface area contributed by atoms with Crippen LogP contribution in [0.4, 0.5) is 11.4 Å². The van der Waals surface area contributed by atoms with Gasteiger partial charge in [0.2, 0.25) is 0 Å². The van der Waals surface area contributed by atoms with Crippen molar-refractivity contribution in [2.24, 2.45) is 5.92 Å². The average molecular weight is 332 g/mol. The summed E-state index contributed by atoms with van der Waals surface area (Å²) in [4.78, 5) is 10.3. The smallest absolute Gasteiger partial charge is 0.266 e. The Morgan fingerprint density at radius 1 is 1.17 bits per heavy atom. The van der Waals surface area contributed by atoms with Crippen LogP contribution in [-0.4, -0.2) is 19.9 Å². The fourth-order valence-electron chi connectivity index (χ4n) is 2.86. The van der Waals surface area contributed by atoms with E-state index in [0.717, 1.165) is 18.1 Å². The predicted molar refractivity (Wildman–Crippen MR) is 86.9 cm³/mol. The quantitative estimate of drug-likeness (QED) is 0.639. The topological polar surface area (TPSA) is 80.5 Å². The van der Waals surface area contributed by atoms with Gasteiger partial charge in [0.05, 0.1) is 15.5 Å². The molecule has 0 amide bonds. The minimum atomic E-state index is -3.84. The van der Waals surface area contributed by atoms with Gasteiger partial charge in [-0.3, -0.25) is 14.4 Å². The van der Waals surface area contributed by atoms with Crippen LogP contribution in [0.5, 0.6) is 0 Å². The van der Waals surface area contributed by atoms with Crippen LogP contribution in [0, 0.1) is 16.0 Å². The molecule has 23 heavy (non-hydrogen) atoms. The van der Waals surface area contributed by atoms with E-state index >= 15 is 0 Å². The van der Waals surface area contributed by atoms with E-state index in [1.165, 1.54) is 22.5 Å². The Balaban J connectivity index is 2.10. The third kappa shape index (κ3) is 2.79. The lowest BCUT2D eigenvalue weighted by atomic mass is 9.96. The second-order valence-corrected chi connectivity index (χ2v) is 7.59. The van der Waals surface area contributed by atoms with Crippen LogP contribution in [0.1, 0.15) is 12.5 Å². The van der Waals surface area contributed by atoms with Crippen molar-refractivity contribution in [2.75, 3.05) is 10.8 Å². The summed E-state index contributed by atoms with van der Waals surface area (Å²) in [5.74, 6) is 0.179. The summed E-state index contributed by atoms with van der Waals surface area (Å²) in [5, 5.41) is 10.9. The third-order valence-corrected chi connectivity index (χ3v) is 5.70. The zero-order valence-electron chi connectivity index (χ0n) is 12.5. The highest BCUT2D eigenvalue weighted by atomic mass is 32.2. The lowest BCUT2D eigenvalue weighted by Crippen LogP contribution is -2.39. The normalized spacial score (nSPS) is 17.6. The Bertz CT molecular complexity index is 864. The molecule has 120 valence electrons. The molecular weight excluding hydrogens is 316 g/mol. The molecule has 0 saturated heterocycles. The van der Waals surface area contributed by atoms with E-state index in [4.69, 9.17) is 0 Å². The van der Waals surface area contributed by atoms with E-state index in [9.17, 15) is 18.5 Å². The molecule has 3 rings (SSSR count). The Kier molecular flexibility index (Phi) is 3.81. The summed E-state index contributed by atoms with van der Waals surface area (Å²) in [5.41, 5.74) is 1.39. The number of fused-ring (bicyclic) bond motifs is 1. The molecule has 1 aliphatic heterocycles. The Hall–Kier alpha value is -2.41. The van der Waals surface area contributed by atoms with Gasteiger partial charge >= 0.3 is 0 Å². The van der Waals surface area contributed by atoms with Gasteiger partial charge in [-0.25, -0.2) is 8.42 Å². The summed E-state index contributed by atoms with van der Waals surface area (Å²) in [6.45, 7) is 2.36. The van der Waals surface area contributed by atoms with Crippen LogP contribution in [-0.2, 0) is 16.4 Å². The monoisotopic (exact) mass is 332 g/mol. The molecule has 1 aliphatic rings.